The topological polar surface area (TPSA) is 54.9 Å². The number of benzene rings is 1. The molecule has 3 rings (SSSR count). The van der Waals surface area contributed by atoms with E-state index in [-0.39, 0.29) is 11.8 Å². The predicted octanol–water partition coefficient (Wildman–Crippen LogP) is 2.97. The van der Waals surface area contributed by atoms with Gasteiger partial charge in [0.25, 0.3) is 0 Å². The van der Waals surface area contributed by atoms with Crippen LogP contribution >= 0.6 is 15.9 Å². The van der Waals surface area contributed by atoms with Gasteiger partial charge >= 0.3 is 0 Å². The van der Waals surface area contributed by atoms with Gasteiger partial charge in [0, 0.05) is 16.6 Å². The molecular formula is C16H16BrN3O. The largest absolute Gasteiger partial charge is 0.350 e. The molecule has 0 aliphatic heterocycles. The summed E-state index contributed by atoms with van der Waals surface area (Å²) in [5.74, 6) is 1.28. The van der Waals surface area contributed by atoms with Gasteiger partial charge in [-0.25, -0.2) is 9.97 Å². The number of aryl methyl sites for hydroxylation is 1. The lowest BCUT2D eigenvalue weighted by molar-refractivity contribution is -0.122. The number of nitrogens with zero attached hydrogens (tertiary/aromatic N) is 2. The normalized spacial score (nSPS) is 20.1. The zero-order chi connectivity index (χ0) is 14.8. The molecule has 0 saturated heterocycles. The highest BCUT2D eigenvalue weighted by atomic mass is 79.9. The number of rotatable bonds is 4. The van der Waals surface area contributed by atoms with Gasteiger partial charge in [0.15, 0.2) is 0 Å². The van der Waals surface area contributed by atoms with E-state index in [1.54, 1.807) is 6.20 Å². The Balaban J connectivity index is 1.54. The summed E-state index contributed by atoms with van der Waals surface area (Å²) >= 11 is 3.42. The first-order valence-electron chi connectivity index (χ1n) is 6.95. The van der Waals surface area contributed by atoms with Gasteiger partial charge in [0.2, 0.25) is 5.91 Å². The molecule has 0 spiro atoms. The van der Waals surface area contributed by atoms with Crippen molar-refractivity contribution < 1.29 is 4.79 Å². The molecule has 21 heavy (non-hydrogen) atoms. The maximum absolute atomic E-state index is 12.2. The molecule has 1 aliphatic carbocycles. The molecule has 5 heteroatoms. The molecule has 108 valence electrons. The van der Waals surface area contributed by atoms with Gasteiger partial charge in [0.05, 0.1) is 12.2 Å². The van der Waals surface area contributed by atoms with Crippen LogP contribution in [0.2, 0.25) is 0 Å². The van der Waals surface area contributed by atoms with Gasteiger partial charge in [-0.1, -0.05) is 28.1 Å². The van der Waals surface area contributed by atoms with Crippen LogP contribution in [0, 0.1) is 12.8 Å². The molecule has 0 radical (unpaired) electrons. The van der Waals surface area contributed by atoms with E-state index in [1.165, 1.54) is 5.56 Å². The van der Waals surface area contributed by atoms with Gasteiger partial charge in [0.1, 0.15) is 5.82 Å². The Morgan fingerprint density at radius 2 is 2.10 bits per heavy atom. The summed E-state index contributed by atoms with van der Waals surface area (Å²) < 4.78 is 1.06. The van der Waals surface area contributed by atoms with Crippen molar-refractivity contribution >= 4 is 21.8 Å². The lowest BCUT2D eigenvalue weighted by Gasteiger charge is -2.05. The number of nitrogens with one attached hydrogen (secondary N) is 1. The molecular weight excluding hydrogens is 330 g/mol. The molecule has 2 atom stereocenters. The standard InChI is InChI=1S/C16H16BrN3O/c1-10-18-7-6-13(20-10)9-19-16(21)15-8-14(15)11-2-4-12(17)5-3-11/h2-7,14-15H,8-9H2,1H3,(H,19,21)/t14-,15-/m1/s1. The van der Waals surface area contributed by atoms with Crippen molar-refractivity contribution in [2.45, 2.75) is 25.8 Å². The molecule has 1 fully saturated rings. The van der Waals surface area contributed by atoms with E-state index in [9.17, 15) is 4.79 Å². The van der Waals surface area contributed by atoms with E-state index in [1.807, 2.05) is 25.1 Å². The van der Waals surface area contributed by atoms with Crippen LogP contribution in [-0.4, -0.2) is 15.9 Å². The highest BCUT2D eigenvalue weighted by molar-refractivity contribution is 9.10. The molecule has 1 amide bonds. The molecule has 0 unspecified atom stereocenters. The summed E-state index contributed by atoms with van der Waals surface area (Å²) in [4.78, 5) is 20.5. The number of hydrogen-bond acceptors (Lipinski definition) is 3. The molecule has 1 saturated carbocycles. The lowest BCUT2D eigenvalue weighted by atomic mass is 10.1. The van der Waals surface area contributed by atoms with Crippen LogP contribution in [0.15, 0.2) is 41.0 Å². The number of hydrogen-bond donors (Lipinski definition) is 1. The first kappa shape index (κ1) is 14.2. The average molecular weight is 346 g/mol. The Hall–Kier alpha value is -1.75. The van der Waals surface area contributed by atoms with Crippen molar-refractivity contribution in [1.29, 1.82) is 0 Å². The fourth-order valence-corrected chi connectivity index (χ4v) is 2.74. The predicted molar refractivity (Wildman–Crippen MR) is 83.6 cm³/mol. The van der Waals surface area contributed by atoms with E-state index in [4.69, 9.17) is 0 Å². The minimum absolute atomic E-state index is 0.0918. The quantitative estimate of drug-likeness (QED) is 0.926. The maximum Gasteiger partial charge on any atom is 0.224 e. The lowest BCUT2D eigenvalue weighted by Crippen LogP contribution is -2.25. The van der Waals surface area contributed by atoms with Gasteiger partial charge in [-0.05, 0) is 43.0 Å². The van der Waals surface area contributed by atoms with Crippen LogP contribution in [0.5, 0.6) is 0 Å². The zero-order valence-corrected chi connectivity index (χ0v) is 13.3. The second-order valence-corrected chi connectivity index (χ2v) is 6.23. The Morgan fingerprint density at radius 1 is 1.33 bits per heavy atom. The minimum atomic E-state index is 0.0918. The van der Waals surface area contributed by atoms with E-state index in [0.717, 1.165) is 22.4 Å². The van der Waals surface area contributed by atoms with E-state index < -0.39 is 0 Å². The van der Waals surface area contributed by atoms with Crippen LogP contribution in [-0.2, 0) is 11.3 Å². The molecule has 0 bridgehead atoms. The summed E-state index contributed by atoms with van der Waals surface area (Å²) in [7, 11) is 0. The Morgan fingerprint density at radius 3 is 2.81 bits per heavy atom. The van der Waals surface area contributed by atoms with Crippen molar-refractivity contribution in [3.8, 4) is 0 Å². The van der Waals surface area contributed by atoms with Gasteiger partial charge in [-0.2, -0.15) is 0 Å². The van der Waals surface area contributed by atoms with Crippen LogP contribution < -0.4 is 5.32 Å². The van der Waals surface area contributed by atoms with Crippen LogP contribution in [0.3, 0.4) is 0 Å². The highest BCUT2D eigenvalue weighted by Crippen LogP contribution is 2.47. The maximum atomic E-state index is 12.2. The zero-order valence-electron chi connectivity index (χ0n) is 11.7. The van der Waals surface area contributed by atoms with Crippen molar-refractivity contribution in [2.24, 2.45) is 5.92 Å². The number of carbonyl (C=O) groups excluding carboxylic acids is 1. The first-order chi connectivity index (χ1) is 10.1. The van der Waals surface area contributed by atoms with Crippen molar-refractivity contribution in [1.82, 2.24) is 15.3 Å². The third kappa shape index (κ3) is 3.47. The second-order valence-electron chi connectivity index (χ2n) is 5.31. The highest BCUT2D eigenvalue weighted by Gasteiger charge is 2.43. The number of halogens is 1. The SMILES string of the molecule is Cc1nccc(CNC(=O)[C@@H]2C[C@@H]2c2ccc(Br)cc2)n1. The molecule has 1 aromatic carbocycles. The smallest absolute Gasteiger partial charge is 0.224 e. The van der Waals surface area contributed by atoms with E-state index in [0.29, 0.717) is 12.5 Å². The van der Waals surface area contributed by atoms with Crippen LogP contribution in [0.4, 0.5) is 0 Å². The molecule has 2 aromatic rings. The monoisotopic (exact) mass is 345 g/mol. The molecule has 1 aliphatic rings. The average Bonchev–Trinajstić information content (AvgIpc) is 3.26. The molecule has 4 nitrogen and oxygen atoms in total. The number of carbonyl (C=O) groups is 1. The summed E-state index contributed by atoms with van der Waals surface area (Å²) in [5, 5.41) is 2.96. The van der Waals surface area contributed by atoms with Crippen LogP contribution in [0.1, 0.15) is 29.4 Å². The molecule has 1 aromatic heterocycles. The first-order valence-corrected chi connectivity index (χ1v) is 7.74. The van der Waals surface area contributed by atoms with Crippen LogP contribution in [0.25, 0.3) is 0 Å². The third-order valence-corrected chi connectivity index (χ3v) is 4.23. The third-order valence-electron chi connectivity index (χ3n) is 3.70. The van der Waals surface area contributed by atoms with Crippen molar-refractivity contribution in [2.75, 3.05) is 0 Å². The van der Waals surface area contributed by atoms with Gasteiger partial charge < -0.3 is 5.32 Å². The Kier molecular flexibility index (Phi) is 4.01. The van der Waals surface area contributed by atoms with E-state index in [2.05, 4.69) is 43.3 Å². The minimum Gasteiger partial charge on any atom is -0.350 e. The fourth-order valence-electron chi connectivity index (χ4n) is 2.48. The number of aromatic nitrogens is 2. The summed E-state index contributed by atoms with van der Waals surface area (Å²) in [6.07, 6.45) is 2.64. The Bertz CT molecular complexity index is 657. The van der Waals surface area contributed by atoms with Gasteiger partial charge in [-0.3, -0.25) is 4.79 Å². The van der Waals surface area contributed by atoms with Crippen molar-refractivity contribution in [3.63, 3.8) is 0 Å². The fraction of sp³-hybridized carbons (Fsp3) is 0.312. The summed E-state index contributed by atoms with van der Waals surface area (Å²) in [6, 6.07) is 10.0. The van der Waals surface area contributed by atoms with Gasteiger partial charge in [-0.15, -0.1) is 0 Å². The second kappa shape index (κ2) is 5.93. The summed E-state index contributed by atoms with van der Waals surface area (Å²) in [5.41, 5.74) is 2.08. The Labute approximate surface area is 132 Å². The van der Waals surface area contributed by atoms with Crippen molar-refractivity contribution in [3.05, 3.63) is 58.1 Å². The summed E-state index contributed by atoms with van der Waals surface area (Å²) in [6.45, 7) is 2.31. The number of amides is 1. The molecule has 1 N–H and O–H groups in total. The molecule has 1 heterocycles. The van der Waals surface area contributed by atoms with E-state index >= 15 is 0 Å².